The highest BCUT2D eigenvalue weighted by molar-refractivity contribution is 5.89. The van der Waals surface area contributed by atoms with Crippen LogP contribution < -0.4 is 15.5 Å². The van der Waals surface area contributed by atoms with Crippen molar-refractivity contribution in [3.63, 3.8) is 0 Å². The van der Waals surface area contributed by atoms with Crippen molar-refractivity contribution >= 4 is 28.6 Å². The summed E-state index contributed by atoms with van der Waals surface area (Å²) in [5.41, 5.74) is -0.631. The van der Waals surface area contributed by atoms with Gasteiger partial charge in [0.2, 0.25) is 5.95 Å². The van der Waals surface area contributed by atoms with Crippen LogP contribution in [-0.2, 0) is 4.74 Å². The Labute approximate surface area is 190 Å². The molecule has 0 unspecified atom stereocenters. The first-order valence-electron chi connectivity index (χ1n) is 10.2. The van der Waals surface area contributed by atoms with Crippen LogP contribution in [0.4, 0.5) is 38.4 Å². The van der Waals surface area contributed by atoms with Crippen molar-refractivity contribution in [2.75, 3.05) is 29.9 Å². The number of hydrogen-bond donors (Lipinski definition) is 2. The molecular formula is C21H20F5N5O3. The lowest BCUT2D eigenvalue weighted by Crippen LogP contribution is -2.42. The van der Waals surface area contributed by atoms with Gasteiger partial charge in [-0.25, -0.2) is 23.5 Å². The summed E-state index contributed by atoms with van der Waals surface area (Å²) in [4.78, 5) is 22.5. The number of morpholine rings is 1. The van der Waals surface area contributed by atoms with E-state index in [2.05, 4.69) is 15.3 Å². The van der Waals surface area contributed by atoms with Crippen LogP contribution >= 0.6 is 0 Å². The molecule has 1 aliphatic rings. The molecule has 4 rings (SSSR count). The summed E-state index contributed by atoms with van der Waals surface area (Å²) < 4.78 is 79.4. The molecule has 1 aromatic carbocycles. The Bertz CT molecular complexity index is 1200. The van der Waals surface area contributed by atoms with E-state index in [1.54, 1.807) is 5.32 Å². The van der Waals surface area contributed by atoms with E-state index in [4.69, 9.17) is 9.15 Å². The number of fused-ring (bicyclic) bond motifs is 1. The van der Waals surface area contributed by atoms with Crippen molar-refractivity contribution in [3.8, 4) is 0 Å². The summed E-state index contributed by atoms with van der Waals surface area (Å²) in [6.07, 6.45) is -2.48. The van der Waals surface area contributed by atoms with Crippen molar-refractivity contribution < 1.29 is 35.9 Å². The summed E-state index contributed by atoms with van der Waals surface area (Å²) in [6.45, 7) is 4.77. The molecule has 2 aromatic heterocycles. The number of anilines is 2. The van der Waals surface area contributed by atoms with Gasteiger partial charge in [-0.05, 0) is 19.9 Å². The lowest BCUT2D eigenvalue weighted by atomic mass is 10.1. The van der Waals surface area contributed by atoms with Gasteiger partial charge in [0, 0.05) is 30.1 Å². The third-order valence-corrected chi connectivity index (χ3v) is 5.28. The minimum atomic E-state index is -4.99. The summed E-state index contributed by atoms with van der Waals surface area (Å²) in [6, 6.07) is -2.47. The predicted octanol–water partition coefficient (Wildman–Crippen LogP) is 4.46. The summed E-state index contributed by atoms with van der Waals surface area (Å²) in [7, 11) is 0. The highest BCUT2D eigenvalue weighted by Gasteiger charge is 2.45. The fourth-order valence-corrected chi connectivity index (χ4v) is 3.68. The zero-order valence-corrected chi connectivity index (χ0v) is 18.0. The normalized spacial score (nSPS) is 17.6. The molecule has 0 aliphatic carbocycles. The van der Waals surface area contributed by atoms with E-state index in [1.165, 1.54) is 19.3 Å². The molecule has 182 valence electrons. The third-order valence-electron chi connectivity index (χ3n) is 5.28. The van der Waals surface area contributed by atoms with E-state index >= 15 is 0 Å². The number of furan rings is 1. The van der Waals surface area contributed by atoms with E-state index in [-0.39, 0.29) is 22.7 Å². The topological polar surface area (TPSA) is 92.5 Å². The van der Waals surface area contributed by atoms with Gasteiger partial charge in [0.05, 0.1) is 30.8 Å². The fourth-order valence-electron chi connectivity index (χ4n) is 3.68. The molecule has 0 saturated carbocycles. The van der Waals surface area contributed by atoms with E-state index in [0.29, 0.717) is 31.7 Å². The highest BCUT2D eigenvalue weighted by atomic mass is 19.4. The van der Waals surface area contributed by atoms with Gasteiger partial charge in [0.15, 0.2) is 17.4 Å². The number of benzene rings is 1. The van der Waals surface area contributed by atoms with Crippen LogP contribution in [0.15, 0.2) is 28.9 Å². The summed E-state index contributed by atoms with van der Waals surface area (Å²) in [5.74, 6) is -2.48. The van der Waals surface area contributed by atoms with Gasteiger partial charge in [0.25, 0.3) is 0 Å². The number of amides is 2. The number of halogens is 5. The number of hydrogen-bond acceptors (Lipinski definition) is 6. The number of rotatable bonds is 4. The largest absolute Gasteiger partial charge is 0.455 e. The molecule has 34 heavy (non-hydrogen) atoms. The summed E-state index contributed by atoms with van der Waals surface area (Å²) >= 11 is 0. The zero-order valence-electron chi connectivity index (χ0n) is 18.0. The van der Waals surface area contributed by atoms with Crippen LogP contribution in [-0.4, -0.2) is 48.0 Å². The van der Waals surface area contributed by atoms with Crippen LogP contribution in [0.2, 0.25) is 0 Å². The van der Waals surface area contributed by atoms with Crippen LogP contribution in [0.25, 0.3) is 11.0 Å². The molecule has 8 nitrogen and oxygen atoms in total. The highest BCUT2D eigenvalue weighted by Crippen LogP contribution is 2.39. The zero-order chi connectivity index (χ0) is 24.6. The molecule has 0 radical (unpaired) electrons. The Balaban J connectivity index is 1.51. The van der Waals surface area contributed by atoms with Gasteiger partial charge >= 0.3 is 12.2 Å². The Morgan fingerprint density at radius 1 is 1.24 bits per heavy atom. The molecule has 3 aromatic rings. The molecule has 3 heterocycles. The molecule has 2 atom stereocenters. The quantitative estimate of drug-likeness (QED) is 0.531. The molecule has 1 fully saturated rings. The number of nitrogens with one attached hydrogen (secondary N) is 2. The van der Waals surface area contributed by atoms with Crippen molar-refractivity contribution in [1.82, 2.24) is 15.3 Å². The molecule has 13 heteroatoms. The monoisotopic (exact) mass is 485 g/mol. The lowest BCUT2D eigenvalue weighted by molar-refractivity contribution is -0.158. The maximum Gasteiger partial charge on any atom is 0.416 e. The Kier molecular flexibility index (Phi) is 6.30. The lowest BCUT2D eigenvalue weighted by Gasteiger charge is -2.31. The first-order valence-corrected chi connectivity index (χ1v) is 10.2. The summed E-state index contributed by atoms with van der Waals surface area (Å²) in [5, 5.41) is 3.85. The molecule has 0 bridgehead atoms. The number of ether oxygens (including phenoxy) is 1. The van der Waals surface area contributed by atoms with Gasteiger partial charge in [-0.2, -0.15) is 13.2 Å². The molecule has 1 aliphatic heterocycles. The van der Waals surface area contributed by atoms with Crippen molar-refractivity contribution in [2.24, 2.45) is 0 Å². The second kappa shape index (κ2) is 9.05. The number of carbonyl (C=O) groups excluding carboxylic acids is 1. The first kappa shape index (κ1) is 23.7. The first-order chi connectivity index (χ1) is 16.0. The predicted molar refractivity (Wildman–Crippen MR) is 111 cm³/mol. The second-order valence-electron chi connectivity index (χ2n) is 7.83. The Morgan fingerprint density at radius 3 is 2.59 bits per heavy atom. The number of urea groups is 1. The number of aryl methyl sites for hydroxylation is 1. The van der Waals surface area contributed by atoms with Crippen LogP contribution in [0, 0.1) is 18.6 Å². The molecule has 1 saturated heterocycles. The second-order valence-corrected chi connectivity index (χ2v) is 7.83. The van der Waals surface area contributed by atoms with Crippen LogP contribution in [0.5, 0.6) is 0 Å². The number of carbonyl (C=O) groups is 1. The SMILES string of the molecule is Cc1c([C@@H](NC(=O)Nc2cnc(N3CCO[C@@H](C)C3)nc2)C(F)(F)F)oc2c(F)cc(F)cc12. The van der Waals surface area contributed by atoms with Gasteiger partial charge in [-0.1, -0.05) is 0 Å². The maximum atomic E-state index is 14.0. The van der Waals surface area contributed by atoms with Crippen LogP contribution in [0.3, 0.4) is 0 Å². The van der Waals surface area contributed by atoms with Crippen molar-refractivity contribution in [3.05, 3.63) is 47.5 Å². The van der Waals surface area contributed by atoms with Gasteiger partial charge in [0.1, 0.15) is 11.6 Å². The average Bonchev–Trinajstić information content (AvgIpc) is 3.08. The Hall–Kier alpha value is -3.48. The minimum absolute atomic E-state index is 0.00750. The maximum absolute atomic E-state index is 14.0. The molecule has 2 N–H and O–H groups in total. The Morgan fingerprint density at radius 2 is 1.94 bits per heavy atom. The number of alkyl halides is 3. The fraction of sp³-hybridized carbons (Fsp3) is 0.381. The number of aromatic nitrogens is 2. The van der Waals surface area contributed by atoms with Gasteiger partial charge in [-0.3, -0.25) is 0 Å². The van der Waals surface area contributed by atoms with Crippen molar-refractivity contribution in [1.29, 1.82) is 0 Å². The van der Waals surface area contributed by atoms with Gasteiger partial charge in [-0.15, -0.1) is 0 Å². The standard InChI is InChI=1S/C21H20F5N5O3/c1-10-9-31(3-4-33-10)19-27-7-13(8-28-19)29-20(32)30-18(21(24,25)26)16-11(2)14-5-12(22)6-15(23)17(14)34-16/h5-8,10,18H,3-4,9H2,1-2H3,(H2,29,30,32)/t10-,18+/m0/s1. The average molecular weight is 485 g/mol. The number of nitrogens with zero attached hydrogens (tertiary/aromatic N) is 3. The molecule has 0 spiro atoms. The molecular weight excluding hydrogens is 465 g/mol. The van der Waals surface area contributed by atoms with E-state index in [9.17, 15) is 26.7 Å². The third kappa shape index (κ3) is 4.88. The van der Waals surface area contributed by atoms with E-state index < -0.39 is 41.2 Å². The van der Waals surface area contributed by atoms with E-state index in [0.717, 1.165) is 6.07 Å². The van der Waals surface area contributed by atoms with E-state index in [1.807, 2.05) is 11.8 Å². The van der Waals surface area contributed by atoms with Gasteiger partial charge < -0.3 is 24.7 Å². The smallest absolute Gasteiger partial charge is 0.416 e. The molecule has 2 amide bonds. The van der Waals surface area contributed by atoms with Crippen LogP contribution in [0.1, 0.15) is 24.3 Å². The minimum Gasteiger partial charge on any atom is -0.455 e. The van der Waals surface area contributed by atoms with Crippen molar-refractivity contribution in [2.45, 2.75) is 32.2 Å².